The SMILES string of the molecule is CCCO[Si](OCCC)OCC(C)C1CCC2OC2C1. The van der Waals surface area contributed by atoms with Crippen molar-refractivity contribution < 1.29 is 18.0 Å². The number of hydrogen-bond acceptors (Lipinski definition) is 4. The van der Waals surface area contributed by atoms with E-state index < -0.39 is 9.53 Å². The van der Waals surface area contributed by atoms with E-state index in [-0.39, 0.29) is 0 Å². The molecule has 0 aromatic rings. The van der Waals surface area contributed by atoms with Crippen molar-refractivity contribution in [2.45, 2.75) is 65.1 Å². The molecule has 20 heavy (non-hydrogen) atoms. The lowest BCUT2D eigenvalue weighted by atomic mass is 9.81. The second kappa shape index (κ2) is 8.49. The van der Waals surface area contributed by atoms with Crippen molar-refractivity contribution in [3.8, 4) is 0 Å². The lowest BCUT2D eigenvalue weighted by Crippen LogP contribution is -2.32. The fraction of sp³-hybridized carbons (Fsp3) is 1.00. The minimum absolute atomic E-state index is 0.550. The highest BCUT2D eigenvalue weighted by molar-refractivity contribution is 6.36. The Hall–Kier alpha value is 0.0569. The van der Waals surface area contributed by atoms with E-state index >= 15 is 0 Å². The predicted molar refractivity (Wildman–Crippen MR) is 79.4 cm³/mol. The Morgan fingerprint density at radius 3 is 2.35 bits per heavy atom. The average Bonchev–Trinajstić information content (AvgIpc) is 3.24. The Bertz CT molecular complexity index is 267. The molecule has 4 atom stereocenters. The van der Waals surface area contributed by atoms with E-state index in [2.05, 4.69) is 20.8 Å². The molecule has 1 saturated carbocycles. The van der Waals surface area contributed by atoms with Gasteiger partial charge in [-0.1, -0.05) is 20.8 Å². The van der Waals surface area contributed by atoms with E-state index in [1.54, 1.807) is 0 Å². The molecule has 2 fully saturated rings. The minimum Gasteiger partial charge on any atom is -0.371 e. The summed E-state index contributed by atoms with van der Waals surface area (Å²) < 4.78 is 22.9. The Balaban J connectivity index is 1.66. The molecule has 0 spiro atoms. The van der Waals surface area contributed by atoms with Gasteiger partial charge in [-0.15, -0.1) is 0 Å². The van der Waals surface area contributed by atoms with Crippen molar-refractivity contribution in [3.63, 3.8) is 0 Å². The van der Waals surface area contributed by atoms with Crippen LogP contribution < -0.4 is 0 Å². The first kappa shape index (κ1) is 16.4. The Morgan fingerprint density at radius 1 is 1.05 bits per heavy atom. The summed E-state index contributed by atoms with van der Waals surface area (Å²) in [5.41, 5.74) is 0. The summed E-state index contributed by atoms with van der Waals surface area (Å²) >= 11 is 0. The second-order valence-corrected chi connectivity index (χ2v) is 7.39. The molecular weight excluding hydrogens is 272 g/mol. The molecule has 1 aliphatic carbocycles. The summed E-state index contributed by atoms with van der Waals surface area (Å²) in [5.74, 6) is 1.30. The van der Waals surface area contributed by atoms with E-state index in [0.717, 1.165) is 38.6 Å². The van der Waals surface area contributed by atoms with Crippen LogP contribution in [-0.4, -0.2) is 41.6 Å². The van der Waals surface area contributed by atoms with E-state index in [4.69, 9.17) is 18.0 Å². The monoisotopic (exact) mass is 301 g/mol. The number of fused-ring (bicyclic) bond motifs is 1. The van der Waals surface area contributed by atoms with Crippen LogP contribution in [0.2, 0.25) is 0 Å². The first-order chi connectivity index (χ1) is 9.74. The van der Waals surface area contributed by atoms with Crippen molar-refractivity contribution >= 4 is 9.53 Å². The lowest BCUT2D eigenvalue weighted by molar-refractivity contribution is 0.0694. The zero-order valence-corrected chi connectivity index (χ0v) is 14.1. The molecule has 117 valence electrons. The van der Waals surface area contributed by atoms with E-state index in [0.29, 0.717) is 18.1 Å². The maximum Gasteiger partial charge on any atom is 0.577 e. The molecular formula is C15H29O4Si. The molecule has 0 aromatic carbocycles. The Kier molecular flexibility index (Phi) is 6.97. The van der Waals surface area contributed by atoms with Gasteiger partial charge in [0.05, 0.1) is 12.2 Å². The lowest BCUT2D eigenvalue weighted by Gasteiger charge is -2.26. The highest BCUT2D eigenvalue weighted by atomic mass is 28.3. The molecule has 2 aliphatic rings. The topological polar surface area (TPSA) is 40.2 Å². The zero-order valence-electron chi connectivity index (χ0n) is 13.1. The molecule has 0 amide bonds. The summed E-state index contributed by atoms with van der Waals surface area (Å²) in [6.45, 7) is 8.71. The number of hydrogen-bond donors (Lipinski definition) is 0. The molecule has 4 unspecified atom stereocenters. The van der Waals surface area contributed by atoms with Crippen LogP contribution >= 0.6 is 0 Å². The fourth-order valence-corrected chi connectivity index (χ4v) is 4.17. The van der Waals surface area contributed by atoms with Crippen molar-refractivity contribution in [1.29, 1.82) is 0 Å². The first-order valence-corrected chi connectivity index (χ1v) is 9.37. The Labute approximate surface area is 125 Å². The van der Waals surface area contributed by atoms with Gasteiger partial charge in [0.2, 0.25) is 0 Å². The summed E-state index contributed by atoms with van der Waals surface area (Å²) in [5, 5.41) is 0. The van der Waals surface area contributed by atoms with Gasteiger partial charge in [0.1, 0.15) is 0 Å². The van der Waals surface area contributed by atoms with Crippen LogP contribution in [-0.2, 0) is 18.0 Å². The minimum atomic E-state index is -1.54. The molecule has 0 aromatic heterocycles. The quantitative estimate of drug-likeness (QED) is 0.459. The van der Waals surface area contributed by atoms with Crippen LogP contribution in [0.3, 0.4) is 0 Å². The molecule has 5 heteroatoms. The standard InChI is InChI=1S/C15H29O4Si/c1-4-8-16-20(17-9-5-2)18-11-12(3)13-6-7-14-15(10-13)19-14/h12-15H,4-11H2,1-3H3. The highest BCUT2D eigenvalue weighted by Gasteiger charge is 2.45. The number of rotatable bonds is 10. The van der Waals surface area contributed by atoms with Crippen molar-refractivity contribution in [3.05, 3.63) is 0 Å². The van der Waals surface area contributed by atoms with E-state index in [1.165, 1.54) is 19.3 Å². The van der Waals surface area contributed by atoms with Crippen LogP contribution in [0.25, 0.3) is 0 Å². The van der Waals surface area contributed by atoms with Crippen LogP contribution in [0.15, 0.2) is 0 Å². The number of ether oxygens (including phenoxy) is 1. The summed E-state index contributed by atoms with van der Waals surface area (Å²) in [7, 11) is -1.54. The van der Waals surface area contributed by atoms with Gasteiger partial charge in [0, 0.05) is 19.8 Å². The first-order valence-electron chi connectivity index (χ1n) is 8.15. The zero-order chi connectivity index (χ0) is 14.4. The molecule has 1 aliphatic heterocycles. The molecule has 1 heterocycles. The second-order valence-electron chi connectivity index (χ2n) is 6.02. The molecule has 0 N–H and O–H groups in total. The summed E-state index contributed by atoms with van der Waals surface area (Å²) in [6, 6.07) is 0. The molecule has 1 saturated heterocycles. The third-order valence-corrected chi connectivity index (χ3v) is 5.44. The summed E-state index contributed by atoms with van der Waals surface area (Å²) in [6.07, 6.45) is 6.86. The van der Waals surface area contributed by atoms with Crippen LogP contribution in [0, 0.1) is 11.8 Å². The molecule has 4 nitrogen and oxygen atoms in total. The predicted octanol–water partition coefficient (Wildman–Crippen LogP) is 3.04. The van der Waals surface area contributed by atoms with Gasteiger partial charge in [-0.3, -0.25) is 0 Å². The molecule has 2 rings (SSSR count). The molecule has 1 radical (unpaired) electrons. The van der Waals surface area contributed by atoms with Crippen molar-refractivity contribution in [2.24, 2.45) is 11.8 Å². The maximum absolute atomic E-state index is 5.93. The molecule has 0 bridgehead atoms. The van der Waals surface area contributed by atoms with Gasteiger partial charge in [-0.05, 0) is 43.9 Å². The third-order valence-electron chi connectivity index (χ3n) is 4.16. The van der Waals surface area contributed by atoms with E-state index in [1.807, 2.05) is 0 Å². The van der Waals surface area contributed by atoms with Gasteiger partial charge in [-0.2, -0.15) is 0 Å². The van der Waals surface area contributed by atoms with Crippen LogP contribution in [0.5, 0.6) is 0 Å². The van der Waals surface area contributed by atoms with Gasteiger partial charge in [-0.25, -0.2) is 0 Å². The van der Waals surface area contributed by atoms with Crippen molar-refractivity contribution in [2.75, 3.05) is 19.8 Å². The smallest absolute Gasteiger partial charge is 0.371 e. The van der Waals surface area contributed by atoms with Gasteiger partial charge in [0.15, 0.2) is 0 Å². The van der Waals surface area contributed by atoms with Gasteiger partial charge in [0.25, 0.3) is 0 Å². The average molecular weight is 301 g/mol. The normalized spacial score (nSPS) is 30.3. The van der Waals surface area contributed by atoms with Gasteiger partial charge < -0.3 is 18.0 Å². The largest absolute Gasteiger partial charge is 0.577 e. The fourth-order valence-electron chi connectivity index (χ4n) is 2.78. The Morgan fingerprint density at radius 2 is 1.75 bits per heavy atom. The van der Waals surface area contributed by atoms with Crippen LogP contribution in [0.4, 0.5) is 0 Å². The number of epoxide rings is 1. The van der Waals surface area contributed by atoms with E-state index in [9.17, 15) is 0 Å². The van der Waals surface area contributed by atoms with Gasteiger partial charge >= 0.3 is 9.53 Å². The van der Waals surface area contributed by atoms with Crippen molar-refractivity contribution in [1.82, 2.24) is 0 Å². The third kappa shape index (κ3) is 5.11. The van der Waals surface area contributed by atoms with Crippen LogP contribution in [0.1, 0.15) is 52.9 Å². The highest BCUT2D eigenvalue weighted by Crippen LogP contribution is 2.42. The maximum atomic E-state index is 5.93. The summed E-state index contributed by atoms with van der Waals surface area (Å²) in [4.78, 5) is 0.